The van der Waals surface area contributed by atoms with E-state index in [1.165, 1.54) is 0 Å². The maximum atomic E-state index is 4.44. The quantitative estimate of drug-likeness (QED) is 0.720. The molecule has 18 heavy (non-hydrogen) atoms. The van der Waals surface area contributed by atoms with Gasteiger partial charge in [-0.25, -0.2) is 9.97 Å². The number of aryl methyl sites for hydroxylation is 2. The minimum Gasteiger partial charge on any atom is -0.339 e. The molecule has 2 N–H and O–H groups in total. The van der Waals surface area contributed by atoms with Crippen LogP contribution in [0.2, 0.25) is 0 Å². The van der Waals surface area contributed by atoms with Crippen LogP contribution < -0.4 is 0 Å². The van der Waals surface area contributed by atoms with Gasteiger partial charge in [-0.2, -0.15) is 0 Å². The van der Waals surface area contributed by atoms with Gasteiger partial charge >= 0.3 is 0 Å². The molecule has 0 spiro atoms. The minimum absolute atomic E-state index is 0.769. The summed E-state index contributed by atoms with van der Waals surface area (Å²) >= 11 is 0. The first-order valence-corrected chi connectivity index (χ1v) is 5.88. The fourth-order valence-corrected chi connectivity index (χ4v) is 1.87. The Balaban J connectivity index is 1.99. The van der Waals surface area contributed by atoms with Gasteiger partial charge in [0.15, 0.2) is 11.6 Å². The summed E-state index contributed by atoms with van der Waals surface area (Å²) in [5, 5.41) is 0. The average molecular weight is 238 g/mol. The molecule has 4 heteroatoms. The third-order valence-corrected chi connectivity index (χ3v) is 3.01. The highest BCUT2D eigenvalue weighted by Gasteiger charge is 2.09. The standard InChI is InChI=1S/C14H14N4/c1-9-10(2)17-14(16-9)13-15-8-12(18-13)11-6-4-3-5-7-11/h3-8H,1-2H3,(H,15,18)(H,16,17). The molecule has 4 nitrogen and oxygen atoms in total. The largest absolute Gasteiger partial charge is 0.339 e. The zero-order valence-corrected chi connectivity index (χ0v) is 10.4. The maximum absolute atomic E-state index is 4.44. The maximum Gasteiger partial charge on any atom is 0.174 e. The number of hydrogen-bond donors (Lipinski definition) is 2. The van der Waals surface area contributed by atoms with Crippen LogP contribution in [0.25, 0.3) is 22.9 Å². The summed E-state index contributed by atoms with van der Waals surface area (Å²) < 4.78 is 0. The molecule has 0 aliphatic heterocycles. The smallest absolute Gasteiger partial charge is 0.174 e. The van der Waals surface area contributed by atoms with Gasteiger partial charge in [0.05, 0.1) is 17.6 Å². The predicted molar refractivity (Wildman–Crippen MR) is 71.1 cm³/mol. The molecule has 0 bridgehead atoms. The monoisotopic (exact) mass is 238 g/mol. The molecule has 0 saturated heterocycles. The van der Waals surface area contributed by atoms with E-state index < -0.39 is 0 Å². The predicted octanol–water partition coefficient (Wildman–Crippen LogP) is 3.08. The molecule has 0 amide bonds. The summed E-state index contributed by atoms with van der Waals surface area (Å²) in [6, 6.07) is 10.1. The van der Waals surface area contributed by atoms with Crippen molar-refractivity contribution in [3.05, 3.63) is 47.9 Å². The van der Waals surface area contributed by atoms with Gasteiger partial charge in [0.1, 0.15) is 0 Å². The molecule has 0 atom stereocenters. The lowest BCUT2D eigenvalue weighted by atomic mass is 10.2. The first kappa shape index (κ1) is 10.8. The summed E-state index contributed by atoms with van der Waals surface area (Å²) in [6.07, 6.45) is 1.83. The van der Waals surface area contributed by atoms with E-state index in [2.05, 4.69) is 32.1 Å². The van der Waals surface area contributed by atoms with Crippen LogP contribution in [-0.4, -0.2) is 19.9 Å². The molecule has 2 aromatic heterocycles. The van der Waals surface area contributed by atoms with E-state index in [9.17, 15) is 0 Å². The van der Waals surface area contributed by atoms with Crippen LogP contribution in [0.3, 0.4) is 0 Å². The molecule has 0 radical (unpaired) electrons. The van der Waals surface area contributed by atoms with Crippen molar-refractivity contribution in [1.82, 2.24) is 19.9 Å². The van der Waals surface area contributed by atoms with Crippen LogP contribution in [0.4, 0.5) is 0 Å². The van der Waals surface area contributed by atoms with Crippen molar-refractivity contribution in [2.24, 2.45) is 0 Å². The topological polar surface area (TPSA) is 57.4 Å². The number of nitrogens with zero attached hydrogens (tertiary/aromatic N) is 2. The second kappa shape index (κ2) is 4.14. The van der Waals surface area contributed by atoms with Gasteiger partial charge in [-0.1, -0.05) is 30.3 Å². The molecule has 2 heterocycles. The Hall–Kier alpha value is -2.36. The molecule has 0 saturated carbocycles. The van der Waals surface area contributed by atoms with Gasteiger partial charge in [-0.05, 0) is 19.4 Å². The zero-order valence-electron chi connectivity index (χ0n) is 10.4. The van der Waals surface area contributed by atoms with Gasteiger partial charge < -0.3 is 9.97 Å². The molecule has 3 aromatic rings. The molecule has 0 aliphatic carbocycles. The number of H-pyrrole nitrogens is 2. The lowest BCUT2D eigenvalue weighted by molar-refractivity contribution is 1.18. The van der Waals surface area contributed by atoms with Gasteiger partial charge in [0.25, 0.3) is 0 Å². The van der Waals surface area contributed by atoms with Crippen LogP contribution in [0.15, 0.2) is 36.5 Å². The Kier molecular flexibility index (Phi) is 2.48. The van der Waals surface area contributed by atoms with E-state index in [4.69, 9.17) is 0 Å². The van der Waals surface area contributed by atoms with E-state index in [1.54, 1.807) is 0 Å². The first-order chi connectivity index (χ1) is 8.74. The Morgan fingerprint density at radius 3 is 2.39 bits per heavy atom. The van der Waals surface area contributed by atoms with Crippen molar-refractivity contribution in [2.45, 2.75) is 13.8 Å². The van der Waals surface area contributed by atoms with E-state index in [1.807, 2.05) is 38.2 Å². The van der Waals surface area contributed by atoms with E-state index in [-0.39, 0.29) is 0 Å². The third kappa shape index (κ3) is 1.82. The Labute approximate surface area is 105 Å². The summed E-state index contributed by atoms with van der Waals surface area (Å²) in [6.45, 7) is 3.99. The number of rotatable bonds is 2. The van der Waals surface area contributed by atoms with Crippen LogP contribution in [0.1, 0.15) is 11.4 Å². The van der Waals surface area contributed by atoms with Gasteiger partial charge in [0, 0.05) is 5.69 Å². The number of nitrogens with one attached hydrogen (secondary N) is 2. The van der Waals surface area contributed by atoms with E-state index in [0.717, 1.165) is 34.3 Å². The summed E-state index contributed by atoms with van der Waals surface area (Å²) in [5.41, 5.74) is 4.19. The first-order valence-electron chi connectivity index (χ1n) is 5.88. The van der Waals surface area contributed by atoms with Crippen molar-refractivity contribution in [3.63, 3.8) is 0 Å². The summed E-state index contributed by atoms with van der Waals surface area (Å²) in [4.78, 5) is 15.3. The minimum atomic E-state index is 0.769. The highest BCUT2D eigenvalue weighted by molar-refractivity contribution is 5.61. The van der Waals surface area contributed by atoms with Crippen molar-refractivity contribution in [2.75, 3.05) is 0 Å². The zero-order chi connectivity index (χ0) is 12.5. The molecule has 1 aromatic carbocycles. The number of aromatic nitrogens is 4. The molecular weight excluding hydrogens is 224 g/mol. The van der Waals surface area contributed by atoms with Crippen LogP contribution >= 0.6 is 0 Å². The highest BCUT2D eigenvalue weighted by atomic mass is 15.0. The van der Waals surface area contributed by atoms with Crippen LogP contribution in [-0.2, 0) is 0 Å². The lowest BCUT2D eigenvalue weighted by Gasteiger charge is -1.95. The lowest BCUT2D eigenvalue weighted by Crippen LogP contribution is -1.83. The SMILES string of the molecule is Cc1nc(-c2ncc(-c3ccccc3)[nH]2)[nH]c1C. The number of benzene rings is 1. The summed E-state index contributed by atoms with van der Waals surface area (Å²) in [5.74, 6) is 1.55. The van der Waals surface area contributed by atoms with E-state index in [0.29, 0.717) is 0 Å². The Bertz CT molecular complexity index is 645. The Morgan fingerprint density at radius 2 is 1.72 bits per heavy atom. The van der Waals surface area contributed by atoms with Crippen LogP contribution in [0, 0.1) is 13.8 Å². The van der Waals surface area contributed by atoms with Crippen molar-refractivity contribution in [1.29, 1.82) is 0 Å². The van der Waals surface area contributed by atoms with Crippen molar-refractivity contribution < 1.29 is 0 Å². The second-order valence-corrected chi connectivity index (χ2v) is 4.31. The molecular formula is C14H14N4. The average Bonchev–Trinajstić information content (AvgIpc) is 2.99. The number of aromatic amines is 2. The molecule has 0 fully saturated rings. The molecule has 3 rings (SSSR count). The number of hydrogen-bond acceptors (Lipinski definition) is 2. The van der Waals surface area contributed by atoms with E-state index >= 15 is 0 Å². The Morgan fingerprint density at radius 1 is 0.944 bits per heavy atom. The molecule has 90 valence electrons. The van der Waals surface area contributed by atoms with Gasteiger partial charge in [-0.3, -0.25) is 0 Å². The van der Waals surface area contributed by atoms with Gasteiger partial charge in [0.2, 0.25) is 0 Å². The summed E-state index contributed by atoms with van der Waals surface area (Å²) in [7, 11) is 0. The third-order valence-electron chi connectivity index (χ3n) is 3.01. The highest BCUT2D eigenvalue weighted by Crippen LogP contribution is 2.20. The van der Waals surface area contributed by atoms with Crippen LogP contribution in [0.5, 0.6) is 0 Å². The molecule has 0 aliphatic rings. The van der Waals surface area contributed by atoms with Gasteiger partial charge in [-0.15, -0.1) is 0 Å². The van der Waals surface area contributed by atoms with Crippen molar-refractivity contribution in [3.8, 4) is 22.9 Å². The fraction of sp³-hybridized carbons (Fsp3) is 0.143. The normalized spacial score (nSPS) is 10.8. The number of imidazole rings is 2. The molecule has 0 unspecified atom stereocenters. The second-order valence-electron chi connectivity index (χ2n) is 4.31. The fourth-order valence-electron chi connectivity index (χ4n) is 1.87. The van der Waals surface area contributed by atoms with Crippen molar-refractivity contribution >= 4 is 0 Å².